The summed E-state index contributed by atoms with van der Waals surface area (Å²) in [5.41, 5.74) is 0.0758. The van der Waals surface area contributed by atoms with Gasteiger partial charge in [0.1, 0.15) is 12.4 Å². The summed E-state index contributed by atoms with van der Waals surface area (Å²) in [6, 6.07) is 13.5. The van der Waals surface area contributed by atoms with Gasteiger partial charge in [-0.25, -0.2) is 0 Å². The second kappa shape index (κ2) is 12.9. The Labute approximate surface area is 252 Å². The summed E-state index contributed by atoms with van der Waals surface area (Å²) >= 11 is 0. The van der Waals surface area contributed by atoms with Gasteiger partial charge in [0.25, 0.3) is 0 Å². The van der Waals surface area contributed by atoms with Gasteiger partial charge in [-0.1, -0.05) is 51.1 Å². The molecule has 234 valence electrons. The third-order valence-corrected chi connectivity index (χ3v) is 9.95. The molecule has 1 saturated heterocycles. The highest BCUT2D eigenvalue weighted by molar-refractivity contribution is 5.83. The van der Waals surface area contributed by atoms with Crippen LogP contribution in [0.1, 0.15) is 76.0 Å². The van der Waals surface area contributed by atoms with Crippen molar-refractivity contribution in [1.29, 1.82) is 0 Å². The minimum absolute atomic E-state index is 0.0224. The number of fused-ring (bicyclic) bond motifs is 1. The first-order valence-electron chi connectivity index (χ1n) is 15.5. The van der Waals surface area contributed by atoms with Gasteiger partial charge in [0, 0.05) is 11.6 Å². The predicted molar refractivity (Wildman–Crippen MR) is 157 cm³/mol. The summed E-state index contributed by atoms with van der Waals surface area (Å²) in [7, 11) is 0. The molecule has 43 heavy (non-hydrogen) atoms. The van der Waals surface area contributed by atoms with Crippen LogP contribution in [-0.4, -0.2) is 47.5 Å². The number of esters is 1. The molecule has 2 heterocycles. The summed E-state index contributed by atoms with van der Waals surface area (Å²) in [4.78, 5) is 30.7. The number of nitrogens with zero attached hydrogens (tertiary/aromatic N) is 2. The Hall–Kier alpha value is -3.07. The summed E-state index contributed by atoms with van der Waals surface area (Å²) in [5.74, 6) is 0.629. The lowest BCUT2D eigenvalue weighted by Gasteiger charge is -2.41. The van der Waals surface area contributed by atoms with Gasteiger partial charge in [0.15, 0.2) is 6.73 Å². The molecule has 2 fully saturated rings. The lowest BCUT2D eigenvalue weighted by molar-refractivity contribution is -0.150. The lowest BCUT2D eigenvalue weighted by Crippen LogP contribution is -2.49. The van der Waals surface area contributed by atoms with Gasteiger partial charge in [-0.3, -0.25) is 9.59 Å². The highest BCUT2D eigenvalue weighted by atomic mass is 19.4. The Balaban J connectivity index is 1.14. The zero-order valence-electron chi connectivity index (χ0n) is 25.4. The maximum atomic E-state index is 14.0. The number of hydrogen-bond donors (Lipinski definition) is 0. The van der Waals surface area contributed by atoms with E-state index in [-0.39, 0.29) is 43.0 Å². The van der Waals surface area contributed by atoms with E-state index in [0.717, 1.165) is 69.3 Å². The number of halogens is 3. The van der Waals surface area contributed by atoms with Gasteiger partial charge in [0.05, 0.1) is 23.4 Å². The Kier molecular flexibility index (Phi) is 9.40. The molecule has 0 bridgehead atoms. The van der Waals surface area contributed by atoms with Crippen LogP contribution in [0.15, 0.2) is 48.5 Å². The van der Waals surface area contributed by atoms with E-state index in [1.54, 1.807) is 4.90 Å². The van der Waals surface area contributed by atoms with Crippen LogP contribution < -0.4 is 4.74 Å². The van der Waals surface area contributed by atoms with Crippen molar-refractivity contribution in [1.82, 2.24) is 9.80 Å². The number of likely N-dealkylation sites (tertiary alicyclic amines) is 1. The van der Waals surface area contributed by atoms with Crippen molar-refractivity contribution in [2.24, 2.45) is 23.2 Å². The molecule has 5 rings (SSSR count). The molecule has 1 unspecified atom stereocenters. The topological polar surface area (TPSA) is 59.1 Å². The molecule has 1 amide bonds. The normalized spacial score (nSPS) is 24.0. The third-order valence-electron chi connectivity index (χ3n) is 9.95. The van der Waals surface area contributed by atoms with Crippen molar-refractivity contribution in [2.45, 2.75) is 84.7 Å². The Bertz CT molecular complexity index is 1280. The minimum atomic E-state index is -4.45. The number of benzene rings is 2. The van der Waals surface area contributed by atoms with Gasteiger partial charge in [-0.2, -0.15) is 13.2 Å². The number of rotatable bonds is 8. The second-order valence-corrected chi connectivity index (χ2v) is 13.0. The molecule has 0 N–H and O–H groups in total. The SMILES string of the molecule is CC(CC1CCN([C@@H]2CC[C@@](C(=O)N3COc4ccc(C(F)(F)F)cc4C3)(C(C)C)C2)CC1)C(=O)OCc1ccccc1. The van der Waals surface area contributed by atoms with Crippen LogP contribution in [0.5, 0.6) is 5.75 Å². The highest BCUT2D eigenvalue weighted by Crippen LogP contribution is 2.49. The van der Waals surface area contributed by atoms with Crippen LogP contribution >= 0.6 is 0 Å². The van der Waals surface area contributed by atoms with Gasteiger partial charge in [-0.15, -0.1) is 0 Å². The van der Waals surface area contributed by atoms with Crippen LogP contribution in [0.4, 0.5) is 13.2 Å². The zero-order valence-corrected chi connectivity index (χ0v) is 25.4. The standard InChI is InChI=1S/C34H43F3N2O4/c1-23(2)33(32(41)39-20-27-18-28(34(35,36)37)9-10-30(27)43-22-39)14-11-29(19-33)38-15-12-25(13-16-38)17-24(3)31(40)42-21-26-7-5-4-6-8-26/h4-10,18,23-25,29H,11-17,19-22H2,1-3H3/t24?,29-,33+/m1/s1. The van der Waals surface area contributed by atoms with E-state index in [2.05, 4.69) is 18.7 Å². The molecule has 2 aliphatic heterocycles. The van der Waals surface area contributed by atoms with E-state index < -0.39 is 17.2 Å². The fourth-order valence-electron chi connectivity index (χ4n) is 7.21. The maximum absolute atomic E-state index is 14.0. The van der Waals surface area contributed by atoms with Crippen molar-refractivity contribution in [3.63, 3.8) is 0 Å². The van der Waals surface area contributed by atoms with E-state index in [0.29, 0.717) is 23.8 Å². The maximum Gasteiger partial charge on any atom is 0.416 e. The molecule has 3 aliphatic rings. The first kappa shape index (κ1) is 31.4. The second-order valence-electron chi connectivity index (χ2n) is 13.0. The number of ether oxygens (including phenoxy) is 2. The van der Waals surface area contributed by atoms with Crippen LogP contribution in [0.2, 0.25) is 0 Å². The van der Waals surface area contributed by atoms with Gasteiger partial charge < -0.3 is 19.3 Å². The zero-order chi connectivity index (χ0) is 30.8. The number of carbonyl (C=O) groups excluding carboxylic acids is 2. The first-order chi connectivity index (χ1) is 20.5. The van der Waals surface area contributed by atoms with Crippen LogP contribution in [0.25, 0.3) is 0 Å². The van der Waals surface area contributed by atoms with E-state index in [4.69, 9.17) is 9.47 Å². The van der Waals surface area contributed by atoms with Gasteiger partial charge in [-0.05, 0) is 87.2 Å². The molecule has 3 atom stereocenters. The highest BCUT2D eigenvalue weighted by Gasteiger charge is 2.51. The quantitative estimate of drug-likeness (QED) is 0.304. The van der Waals surface area contributed by atoms with Gasteiger partial charge in [0.2, 0.25) is 5.91 Å². The smallest absolute Gasteiger partial charge is 0.416 e. The Morgan fingerprint density at radius 1 is 1.05 bits per heavy atom. The average Bonchev–Trinajstić information content (AvgIpc) is 3.46. The molecule has 0 aromatic heterocycles. The Morgan fingerprint density at radius 2 is 1.77 bits per heavy atom. The summed E-state index contributed by atoms with van der Waals surface area (Å²) in [6.07, 6.45) is 0.789. The molecule has 9 heteroatoms. The first-order valence-corrected chi connectivity index (χ1v) is 15.5. The van der Waals surface area contributed by atoms with Crippen molar-refractivity contribution in [3.05, 3.63) is 65.2 Å². The summed E-state index contributed by atoms with van der Waals surface area (Å²) < 4.78 is 51.2. The molecular formula is C34H43F3N2O4. The fraction of sp³-hybridized carbons (Fsp3) is 0.588. The lowest BCUT2D eigenvalue weighted by atomic mass is 9.74. The molecule has 0 spiro atoms. The van der Waals surface area contributed by atoms with Crippen molar-refractivity contribution < 1.29 is 32.2 Å². The van der Waals surface area contributed by atoms with Crippen molar-refractivity contribution in [2.75, 3.05) is 19.8 Å². The number of piperidine rings is 1. The monoisotopic (exact) mass is 600 g/mol. The van der Waals surface area contributed by atoms with Crippen LogP contribution in [0, 0.1) is 23.2 Å². The average molecular weight is 601 g/mol. The Morgan fingerprint density at radius 3 is 2.44 bits per heavy atom. The summed E-state index contributed by atoms with van der Waals surface area (Å²) in [5, 5.41) is 0. The molecule has 1 saturated carbocycles. The van der Waals surface area contributed by atoms with Crippen LogP contribution in [-0.2, 0) is 33.7 Å². The molecule has 2 aromatic carbocycles. The molecule has 2 aromatic rings. The third kappa shape index (κ3) is 7.03. The fourth-order valence-corrected chi connectivity index (χ4v) is 7.21. The van der Waals surface area contributed by atoms with E-state index in [9.17, 15) is 22.8 Å². The van der Waals surface area contributed by atoms with E-state index in [1.165, 1.54) is 6.07 Å². The summed E-state index contributed by atoms with van der Waals surface area (Å²) in [6.45, 7) is 8.43. The molecule has 6 nitrogen and oxygen atoms in total. The predicted octanol–water partition coefficient (Wildman–Crippen LogP) is 7.06. The van der Waals surface area contributed by atoms with Crippen molar-refractivity contribution in [3.8, 4) is 5.75 Å². The molecule has 1 aliphatic carbocycles. The number of hydrogen-bond acceptors (Lipinski definition) is 5. The number of alkyl halides is 3. The van der Waals surface area contributed by atoms with E-state index >= 15 is 0 Å². The number of carbonyl (C=O) groups is 2. The largest absolute Gasteiger partial charge is 0.473 e. The van der Waals surface area contributed by atoms with Crippen molar-refractivity contribution >= 4 is 11.9 Å². The van der Waals surface area contributed by atoms with Gasteiger partial charge >= 0.3 is 12.1 Å². The molecular weight excluding hydrogens is 557 g/mol. The minimum Gasteiger partial charge on any atom is -0.473 e. The van der Waals surface area contributed by atoms with Crippen LogP contribution in [0.3, 0.4) is 0 Å². The molecule has 0 radical (unpaired) electrons. The number of amides is 1. The van der Waals surface area contributed by atoms with E-state index in [1.807, 2.05) is 37.3 Å².